The van der Waals surface area contributed by atoms with Crippen molar-refractivity contribution < 1.29 is 33.8 Å². The van der Waals surface area contributed by atoms with Crippen LogP contribution >= 0.6 is 7.82 Å². The summed E-state index contributed by atoms with van der Waals surface area (Å²) in [4.78, 5) is 45.2. The van der Waals surface area contributed by atoms with E-state index in [1.165, 1.54) is 0 Å². The van der Waals surface area contributed by atoms with E-state index in [9.17, 15) is 34.2 Å². The highest BCUT2D eigenvalue weighted by Crippen LogP contribution is 2.32. The van der Waals surface area contributed by atoms with Crippen LogP contribution in [-0.4, -0.2) is 44.7 Å². The molecule has 0 aliphatic carbocycles. The van der Waals surface area contributed by atoms with Crippen molar-refractivity contribution in [3.05, 3.63) is 33.1 Å². The van der Waals surface area contributed by atoms with Crippen LogP contribution in [0.1, 0.15) is 6.23 Å². The number of hydrogen-bond acceptors (Lipinski definition) is 9. The minimum atomic E-state index is -5.26. The summed E-state index contributed by atoms with van der Waals surface area (Å²) < 4.78 is 20.3. The van der Waals surface area contributed by atoms with E-state index in [0.717, 1.165) is 16.8 Å². The lowest BCUT2D eigenvalue weighted by Crippen LogP contribution is -2.37. The Labute approximate surface area is 116 Å². The Morgan fingerprint density at radius 2 is 2.05 bits per heavy atom. The van der Waals surface area contributed by atoms with Gasteiger partial charge in [-0.3, -0.25) is 14.3 Å². The van der Waals surface area contributed by atoms with E-state index in [-0.39, 0.29) is 0 Å². The third-order valence-corrected chi connectivity index (χ3v) is 3.32. The number of ether oxygens (including phenoxy) is 1. The SMILES string of the molecule is O=c1ccn([C@@H]2O[C@H](COP(=O)([O-])[O-])[C@H](O)C2O)c(=O)[nH]1. The van der Waals surface area contributed by atoms with Crippen molar-refractivity contribution in [2.45, 2.75) is 24.5 Å². The van der Waals surface area contributed by atoms with E-state index in [2.05, 4.69) is 4.52 Å². The van der Waals surface area contributed by atoms with Gasteiger partial charge in [0.15, 0.2) is 6.23 Å². The molecule has 0 amide bonds. The summed E-state index contributed by atoms with van der Waals surface area (Å²) in [6.45, 7) is -0.808. The fourth-order valence-corrected chi connectivity index (χ4v) is 2.22. The van der Waals surface area contributed by atoms with Gasteiger partial charge < -0.3 is 33.8 Å². The Morgan fingerprint density at radius 3 is 2.62 bits per heavy atom. The zero-order valence-corrected chi connectivity index (χ0v) is 11.2. The Hall–Kier alpha value is -1.33. The number of aromatic nitrogens is 2. The maximum atomic E-state index is 11.6. The summed E-state index contributed by atoms with van der Waals surface area (Å²) in [5.74, 6) is 0. The average molecular weight is 322 g/mol. The summed E-state index contributed by atoms with van der Waals surface area (Å²) >= 11 is 0. The molecule has 0 radical (unpaired) electrons. The van der Waals surface area contributed by atoms with Crippen LogP contribution in [0.25, 0.3) is 0 Å². The molecule has 1 aromatic heterocycles. The van der Waals surface area contributed by atoms with Gasteiger partial charge in [0.05, 0.1) is 14.4 Å². The van der Waals surface area contributed by atoms with Crippen LogP contribution < -0.4 is 21.0 Å². The Kier molecular flexibility index (Phi) is 4.44. The summed E-state index contributed by atoms with van der Waals surface area (Å²) in [7, 11) is -5.26. The standard InChI is InChI=1S/C9H13N2O9P/c12-5-1-2-11(9(15)10-5)8-7(14)6(13)4(20-8)3-19-21(16,17)18/h1-2,4,6-8,13-14H,3H2,(H,10,12,15)(H2,16,17,18)/p-2/t4-,6+,7?,8-/m1/s1. The number of aliphatic hydroxyl groups is 2. The lowest BCUT2D eigenvalue weighted by Gasteiger charge is -2.30. The van der Waals surface area contributed by atoms with E-state index in [1.54, 1.807) is 0 Å². The molecule has 0 saturated carbocycles. The minimum absolute atomic E-state index is 0.664. The topological polar surface area (TPSA) is 177 Å². The molecule has 11 nitrogen and oxygen atoms in total. The van der Waals surface area contributed by atoms with Crippen molar-refractivity contribution >= 4 is 7.82 Å². The highest BCUT2D eigenvalue weighted by molar-refractivity contribution is 7.43. The second-order valence-corrected chi connectivity index (χ2v) is 5.46. The first-order valence-electron chi connectivity index (χ1n) is 5.69. The first-order valence-corrected chi connectivity index (χ1v) is 7.15. The van der Waals surface area contributed by atoms with Crippen molar-refractivity contribution in [3.8, 4) is 0 Å². The Bertz CT molecular complexity index is 664. The monoisotopic (exact) mass is 322 g/mol. The van der Waals surface area contributed by atoms with Crippen molar-refractivity contribution in [1.82, 2.24) is 9.55 Å². The number of rotatable bonds is 4. The third kappa shape index (κ3) is 3.66. The van der Waals surface area contributed by atoms with Crippen molar-refractivity contribution in [2.75, 3.05) is 6.61 Å². The van der Waals surface area contributed by atoms with Gasteiger partial charge in [-0.2, -0.15) is 0 Å². The van der Waals surface area contributed by atoms with Crippen LogP contribution in [0.4, 0.5) is 0 Å². The number of H-pyrrole nitrogens is 1. The molecule has 1 unspecified atom stereocenters. The molecule has 4 atom stereocenters. The van der Waals surface area contributed by atoms with E-state index in [0.29, 0.717) is 0 Å². The molecule has 1 aliphatic rings. The van der Waals surface area contributed by atoms with Gasteiger partial charge in [-0.25, -0.2) is 4.79 Å². The van der Waals surface area contributed by atoms with Gasteiger partial charge in [0.25, 0.3) is 5.56 Å². The third-order valence-electron chi connectivity index (χ3n) is 2.86. The van der Waals surface area contributed by atoms with Gasteiger partial charge in [0, 0.05) is 12.3 Å². The van der Waals surface area contributed by atoms with Crippen LogP contribution in [0.5, 0.6) is 0 Å². The van der Waals surface area contributed by atoms with Crippen molar-refractivity contribution in [1.29, 1.82) is 0 Å². The molecular weight excluding hydrogens is 311 g/mol. The van der Waals surface area contributed by atoms with Gasteiger partial charge in [0.1, 0.15) is 18.3 Å². The summed E-state index contributed by atoms with van der Waals surface area (Å²) in [5.41, 5.74) is -1.55. The number of hydrogen-bond donors (Lipinski definition) is 3. The van der Waals surface area contributed by atoms with Crippen LogP contribution in [-0.2, 0) is 13.8 Å². The van der Waals surface area contributed by atoms with Gasteiger partial charge in [0.2, 0.25) is 0 Å². The maximum Gasteiger partial charge on any atom is 0.330 e. The van der Waals surface area contributed by atoms with Crippen LogP contribution in [0, 0.1) is 0 Å². The molecule has 2 heterocycles. The number of nitrogens with one attached hydrogen (secondary N) is 1. The van der Waals surface area contributed by atoms with Gasteiger partial charge >= 0.3 is 5.69 Å². The number of aliphatic hydroxyl groups excluding tert-OH is 2. The van der Waals surface area contributed by atoms with Crippen molar-refractivity contribution in [3.63, 3.8) is 0 Å². The van der Waals surface area contributed by atoms with Crippen LogP contribution in [0.15, 0.2) is 21.9 Å². The molecule has 1 saturated heterocycles. The summed E-state index contributed by atoms with van der Waals surface area (Å²) in [6, 6.07) is 0.997. The fraction of sp³-hybridized carbons (Fsp3) is 0.556. The van der Waals surface area contributed by atoms with E-state index >= 15 is 0 Å². The quantitative estimate of drug-likeness (QED) is 0.466. The fourth-order valence-electron chi connectivity index (χ4n) is 1.89. The zero-order valence-electron chi connectivity index (χ0n) is 10.3. The Balaban J connectivity index is 2.18. The normalized spacial score (nSPS) is 29.7. The van der Waals surface area contributed by atoms with E-state index in [1.807, 2.05) is 4.98 Å². The molecule has 21 heavy (non-hydrogen) atoms. The molecule has 118 valence electrons. The van der Waals surface area contributed by atoms with E-state index in [4.69, 9.17) is 4.74 Å². The second kappa shape index (κ2) is 5.81. The molecular formula is C9H11N2O9P-2. The molecule has 0 spiro atoms. The molecule has 1 fully saturated rings. The van der Waals surface area contributed by atoms with E-state index < -0.39 is 50.2 Å². The van der Waals surface area contributed by atoms with Crippen LogP contribution in [0.2, 0.25) is 0 Å². The lowest BCUT2D eigenvalue weighted by molar-refractivity contribution is -0.343. The van der Waals surface area contributed by atoms with Crippen molar-refractivity contribution in [2.24, 2.45) is 0 Å². The average Bonchev–Trinajstić information content (AvgIpc) is 2.64. The second-order valence-electron chi connectivity index (χ2n) is 4.31. The predicted molar refractivity (Wildman–Crippen MR) is 60.8 cm³/mol. The Morgan fingerprint density at radius 1 is 1.38 bits per heavy atom. The maximum absolute atomic E-state index is 11.6. The zero-order chi connectivity index (χ0) is 15.8. The van der Waals surface area contributed by atoms with Gasteiger partial charge in [-0.05, 0) is 0 Å². The summed E-state index contributed by atoms with van der Waals surface area (Å²) in [6.07, 6.45) is -4.83. The molecule has 1 aromatic rings. The molecule has 3 N–H and O–H groups in total. The number of nitrogens with zero attached hydrogens (tertiary/aromatic N) is 1. The minimum Gasteiger partial charge on any atom is -0.790 e. The molecule has 12 heteroatoms. The molecule has 1 aliphatic heterocycles. The van der Waals surface area contributed by atoms with Gasteiger partial charge in [-0.1, -0.05) is 0 Å². The van der Waals surface area contributed by atoms with Crippen LogP contribution in [0.3, 0.4) is 0 Å². The molecule has 0 aromatic carbocycles. The highest BCUT2D eigenvalue weighted by Gasteiger charge is 2.44. The number of phosphoric acid groups is 1. The lowest BCUT2D eigenvalue weighted by atomic mass is 10.1. The number of phosphoric ester groups is 1. The first-order chi connectivity index (χ1) is 9.69. The largest absolute Gasteiger partial charge is 0.790 e. The number of aromatic amines is 1. The highest BCUT2D eigenvalue weighted by atomic mass is 31.2. The smallest absolute Gasteiger partial charge is 0.330 e. The first kappa shape index (κ1) is 16.0. The summed E-state index contributed by atoms with van der Waals surface area (Å²) in [5, 5.41) is 19.5. The predicted octanol–water partition coefficient (Wildman–Crippen LogP) is -4.00. The molecule has 2 rings (SSSR count). The van der Waals surface area contributed by atoms with Gasteiger partial charge in [-0.15, -0.1) is 0 Å². The molecule has 0 bridgehead atoms.